The molecule has 0 aliphatic carbocycles. The van der Waals surface area contributed by atoms with Gasteiger partial charge in [0.05, 0.1) is 0 Å². The van der Waals surface area contributed by atoms with Gasteiger partial charge in [-0.1, -0.05) is 18.2 Å². The van der Waals surface area contributed by atoms with Gasteiger partial charge >= 0.3 is 6.18 Å². The Kier molecular flexibility index (Phi) is 4.54. The van der Waals surface area contributed by atoms with E-state index in [9.17, 15) is 35.5 Å². The predicted molar refractivity (Wildman–Crippen MR) is 70.4 cm³/mol. The minimum absolute atomic E-state index is 0.0722. The van der Waals surface area contributed by atoms with Crippen molar-refractivity contribution in [2.45, 2.75) is 13.1 Å². The van der Waals surface area contributed by atoms with E-state index in [0.717, 1.165) is 0 Å². The average molecular weight is 351 g/mol. The molecular formula is C15H8F7NO. The molecular weight excluding hydrogens is 343 g/mol. The molecule has 0 bridgehead atoms. The van der Waals surface area contributed by atoms with Crippen LogP contribution >= 0.6 is 0 Å². The van der Waals surface area contributed by atoms with Gasteiger partial charge in [-0.15, -0.1) is 0 Å². The summed E-state index contributed by atoms with van der Waals surface area (Å²) in [4.78, 5) is 11.9. The molecule has 0 heterocycles. The highest BCUT2D eigenvalue weighted by atomic mass is 19.4. The maximum absolute atomic E-state index is 13.7. The highest BCUT2D eigenvalue weighted by molar-refractivity contribution is 6.05. The zero-order valence-corrected chi connectivity index (χ0v) is 11.9. The maximum Gasteiger partial charge on any atom is 0.422 e. The van der Waals surface area contributed by atoms with Crippen molar-refractivity contribution in [1.29, 1.82) is 0 Å². The summed E-state index contributed by atoms with van der Waals surface area (Å²) in [5.41, 5.74) is -4.03. The molecule has 9 heteroatoms. The Labute approximate surface area is 130 Å². The standard InChI is InChI=1S/C15H8F7NO/c1-6-4-2-3-5-7(6)14(24)23-13-11(18)9(16)8(15(20,21)22)10(17)12(13)19/h2-5H,1H3,(H,23,24). The van der Waals surface area contributed by atoms with E-state index < -0.39 is 46.6 Å². The Morgan fingerprint density at radius 2 is 1.42 bits per heavy atom. The van der Waals surface area contributed by atoms with Gasteiger partial charge in [-0.05, 0) is 18.6 Å². The zero-order valence-electron chi connectivity index (χ0n) is 11.9. The average Bonchev–Trinajstić information content (AvgIpc) is 2.48. The molecule has 0 atom stereocenters. The van der Waals surface area contributed by atoms with Crippen molar-refractivity contribution in [3.05, 3.63) is 64.2 Å². The van der Waals surface area contributed by atoms with Crippen LogP contribution in [0.25, 0.3) is 0 Å². The molecule has 0 saturated heterocycles. The number of aryl methyl sites for hydroxylation is 1. The normalized spacial score (nSPS) is 11.5. The number of alkyl halides is 3. The van der Waals surface area contributed by atoms with Crippen LogP contribution in [0, 0.1) is 30.2 Å². The van der Waals surface area contributed by atoms with Gasteiger partial charge in [0.1, 0.15) is 11.3 Å². The van der Waals surface area contributed by atoms with Gasteiger partial charge in [-0.2, -0.15) is 13.2 Å². The molecule has 0 unspecified atom stereocenters. The summed E-state index contributed by atoms with van der Waals surface area (Å²) in [7, 11) is 0. The van der Waals surface area contributed by atoms with Crippen LogP contribution in [0.3, 0.4) is 0 Å². The molecule has 2 aromatic carbocycles. The Bertz CT molecular complexity index is 785. The van der Waals surface area contributed by atoms with Crippen molar-refractivity contribution < 1.29 is 35.5 Å². The minimum Gasteiger partial charge on any atom is -0.317 e. The number of halogens is 7. The van der Waals surface area contributed by atoms with Gasteiger partial charge in [-0.3, -0.25) is 4.79 Å². The second-order valence-corrected chi connectivity index (χ2v) is 4.77. The number of rotatable bonds is 2. The minimum atomic E-state index is -5.64. The van der Waals surface area contributed by atoms with Crippen LogP contribution in [-0.2, 0) is 6.18 Å². The molecule has 2 nitrogen and oxygen atoms in total. The number of nitrogens with one attached hydrogen (secondary N) is 1. The van der Waals surface area contributed by atoms with Gasteiger partial charge in [0, 0.05) is 5.56 Å². The summed E-state index contributed by atoms with van der Waals surface area (Å²) < 4.78 is 91.8. The van der Waals surface area contributed by atoms with E-state index >= 15 is 0 Å². The predicted octanol–water partition coefficient (Wildman–Crippen LogP) is 4.82. The summed E-state index contributed by atoms with van der Waals surface area (Å²) in [6.07, 6.45) is -5.64. The van der Waals surface area contributed by atoms with Gasteiger partial charge in [0.25, 0.3) is 5.91 Å². The Morgan fingerprint density at radius 1 is 0.917 bits per heavy atom. The number of hydrogen-bond donors (Lipinski definition) is 1. The monoisotopic (exact) mass is 351 g/mol. The number of carbonyl (C=O) groups excluding carboxylic acids is 1. The van der Waals surface area contributed by atoms with Gasteiger partial charge < -0.3 is 5.32 Å². The summed E-state index contributed by atoms with van der Waals surface area (Å²) in [5, 5.41) is 1.56. The summed E-state index contributed by atoms with van der Waals surface area (Å²) >= 11 is 0. The number of anilines is 1. The lowest BCUT2D eigenvalue weighted by molar-refractivity contribution is -0.143. The number of benzene rings is 2. The molecule has 0 fully saturated rings. The lowest BCUT2D eigenvalue weighted by Gasteiger charge is -2.15. The molecule has 24 heavy (non-hydrogen) atoms. The maximum atomic E-state index is 13.7. The topological polar surface area (TPSA) is 29.1 Å². The van der Waals surface area contributed by atoms with Crippen LogP contribution in [0.1, 0.15) is 21.5 Å². The van der Waals surface area contributed by atoms with Crippen LogP contribution < -0.4 is 5.32 Å². The first-order valence-electron chi connectivity index (χ1n) is 6.35. The fourth-order valence-corrected chi connectivity index (χ4v) is 2.00. The molecule has 128 valence electrons. The van der Waals surface area contributed by atoms with E-state index in [-0.39, 0.29) is 5.56 Å². The van der Waals surface area contributed by atoms with E-state index in [1.54, 1.807) is 11.4 Å². The molecule has 1 N–H and O–H groups in total. The SMILES string of the molecule is Cc1ccccc1C(=O)Nc1c(F)c(F)c(C(F)(F)F)c(F)c1F. The second kappa shape index (κ2) is 6.14. The summed E-state index contributed by atoms with van der Waals surface area (Å²) in [6.45, 7) is 1.48. The van der Waals surface area contributed by atoms with Gasteiger partial charge in [0.2, 0.25) is 0 Å². The number of hydrogen-bond acceptors (Lipinski definition) is 1. The van der Waals surface area contributed by atoms with Crippen LogP contribution in [0.5, 0.6) is 0 Å². The van der Waals surface area contributed by atoms with E-state index in [1.165, 1.54) is 25.1 Å². The number of amides is 1. The van der Waals surface area contributed by atoms with Crippen LogP contribution in [0.4, 0.5) is 36.4 Å². The van der Waals surface area contributed by atoms with Crippen LogP contribution in [-0.4, -0.2) is 5.91 Å². The van der Waals surface area contributed by atoms with E-state index in [0.29, 0.717) is 5.56 Å². The molecule has 0 spiro atoms. The third kappa shape index (κ3) is 3.06. The Balaban J connectivity index is 2.53. The first-order valence-corrected chi connectivity index (χ1v) is 6.35. The molecule has 0 aliphatic rings. The molecule has 0 aromatic heterocycles. The molecule has 2 rings (SSSR count). The van der Waals surface area contributed by atoms with Crippen molar-refractivity contribution in [1.82, 2.24) is 0 Å². The van der Waals surface area contributed by atoms with E-state index in [1.807, 2.05) is 0 Å². The Hall–Kier alpha value is -2.58. The largest absolute Gasteiger partial charge is 0.422 e. The third-order valence-electron chi connectivity index (χ3n) is 3.18. The first-order chi connectivity index (χ1) is 11.1. The Morgan fingerprint density at radius 3 is 1.88 bits per heavy atom. The van der Waals surface area contributed by atoms with Crippen molar-refractivity contribution in [3.8, 4) is 0 Å². The zero-order chi connectivity index (χ0) is 18.2. The molecule has 0 radical (unpaired) electrons. The third-order valence-corrected chi connectivity index (χ3v) is 3.18. The van der Waals surface area contributed by atoms with E-state index in [2.05, 4.69) is 0 Å². The summed E-state index contributed by atoms with van der Waals surface area (Å²) in [6, 6.07) is 5.72. The highest BCUT2D eigenvalue weighted by Crippen LogP contribution is 2.38. The van der Waals surface area contributed by atoms with Gasteiger partial charge in [-0.25, -0.2) is 17.6 Å². The van der Waals surface area contributed by atoms with Crippen LogP contribution in [0.15, 0.2) is 24.3 Å². The molecule has 0 saturated carbocycles. The van der Waals surface area contributed by atoms with Crippen molar-refractivity contribution in [2.24, 2.45) is 0 Å². The van der Waals surface area contributed by atoms with E-state index in [4.69, 9.17) is 0 Å². The smallest absolute Gasteiger partial charge is 0.317 e. The van der Waals surface area contributed by atoms with Crippen molar-refractivity contribution in [2.75, 3.05) is 5.32 Å². The fourth-order valence-electron chi connectivity index (χ4n) is 2.00. The molecule has 1 amide bonds. The highest BCUT2D eigenvalue weighted by Gasteiger charge is 2.42. The second-order valence-electron chi connectivity index (χ2n) is 4.77. The lowest BCUT2D eigenvalue weighted by Crippen LogP contribution is -2.20. The van der Waals surface area contributed by atoms with Gasteiger partial charge in [0.15, 0.2) is 23.3 Å². The fraction of sp³-hybridized carbons (Fsp3) is 0.133. The summed E-state index contributed by atoms with van der Waals surface area (Å²) in [5.74, 6) is -11.1. The van der Waals surface area contributed by atoms with Crippen LogP contribution in [0.2, 0.25) is 0 Å². The first kappa shape index (κ1) is 17.8. The molecule has 0 aliphatic heterocycles. The quantitative estimate of drug-likeness (QED) is 0.610. The lowest BCUT2D eigenvalue weighted by atomic mass is 10.1. The molecule has 2 aromatic rings. The number of carbonyl (C=O) groups is 1. The van der Waals surface area contributed by atoms with Crippen molar-refractivity contribution >= 4 is 11.6 Å². The van der Waals surface area contributed by atoms with Crippen molar-refractivity contribution in [3.63, 3.8) is 0 Å².